The van der Waals surface area contributed by atoms with Crippen LogP contribution in [0.25, 0.3) is 0 Å². The number of hydrogen-bond donors (Lipinski definition) is 1. The molecule has 1 N–H and O–H groups in total. The Morgan fingerprint density at radius 1 is 1.47 bits per heavy atom. The van der Waals surface area contributed by atoms with Crippen LogP contribution in [0.3, 0.4) is 0 Å². The van der Waals surface area contributed by atoms with Crippen molar-refractivity contribution in [1.29, 1.82) is 0 Å². The van der Waals surface area contributed by atoms with Crippen molar-refractivity contribution in [3.05, 3.63) is 29.3 Å². The zero-order valence-electron chi connectivity index (χ0n) is 10.5. The Morgan fingerprint density at radius 2 is 2.29 bits per heavy atom. The van der Waals surface area contributed by atoms with Crippen LogP contribution < -0.4 is 4.74 Å². The van der Waals surface area contributed by atoms with Gasteiger partial charge in [-0.25, -0.2) is 0 Å². The molecule has 3 nitrogen and oxygen atoms in total. The zero-order chi connectivity index (χ0) is 12.3. The normalized spacial score (nSPS) is 21.5. The topological polar surface area (TPSA) is 38.7 Å². The third kappa shape index (κ3) is 3.20. The van der Waals surface area contributed by atoms with Crippen LogP contribution >= 0.6 is 0 Å². The maximum atomic E-state index is 9.97. The van der Waals surface area contributed by atoms with Crippen LogP contribution in [-0.4, -0.2) is 31.0 Å². The Kier molecular flexibility index (Phi) is 4.02. The van der Waals surface area contributed by atoms with Crippen LogP contribution in [0, 0.1) is 19.8 Å². The lowest BCUT2D eigenvalue weighted by Gasteiger charge is -2.18. The van der Waals surface area contributed by atoms with Crippen molar-refractivity contribution in [2.24, 2.45) is 5.92 Å². The maximum absolute atomic E-state index is 9.97. The van der Waals surface area contributed by atoms with Gasteiger partial charge in [-0.3, -0.25) is 0 Å². The summed E-state index contributed by atoms with van der Waals surface area (Å²) in [4.78, 5) is 0. The van der Waals surface area contributed by atoms with Gasteiger partial charge in [0.1, 0.15) is 12.4 Å². The molecule has 0 aliphatic carbocycles. The lowest BCUT2D eigenvalue weighted by atomic mass is 10.0. The van der Waals surface area contributed by atoms with Gasteiger partial charge < -0.3 is 14.6 Å². The Balaban J connectivity index is 1.90. The van der Waals surface area contributed by atoms with Crippen molar-refractivity contribution >= 4 is 0 Å². The predicted octanol–water partition coefficient (Wildman–Crippen LogP) is 2.08. The molecule has 0 amide bonds. The molecule has 94 valence electrons. The number of rotatable bonds is 4. The summed E-state index contributed by atoms with van der Waals surface area (Å²) >= 11 is 0. The van der Waals surface area contributed by atoms with E-state index in [-0.39, 0.29) is 5.92 Å². The predicted molar refractivity (Wildman–Crippen MR) is 66.3 cm³/mol. The van der Waals surface area contributed by atoms with Crippen LogP contribution in [0.2, 0.25) is 0 Å². The molecule has 17 heavy (non-hydrogen) atoms. The minimum Gasteiger partial charge on any atom is -0.491 e. The van der Waals surface area contributed by atoms with Gasteiger partial charge in [0.25, 0.3) is 0 Å². The Morgan fingerprint density at radius 3 is 3.00 bits per heavy atom. The molecule has 1 saturated heterocycles. The highest BCUT2D eigenvalue weighted by Crippen LogP contribution is 2.21. The molecule has 0 saturated carbocycles. The van der Waals surface area contributed by atoms with Gasteiger partial charge in [0.05, 0.1) is 12.7 Å². The maximum Gasteiger partial charge on any atom is 0.122 e. The second-order valence-corrected chi connectivity index (χ2v) is 4.77. The van der Waals surface area contributed by atoms with Gasteiger partial charge in [-0.1, -0.05) is 12.1 Å². The van der Waals surface area contributed by atoms with Crippen LogP contribution in [0.5, 0.6) is 5.75 Å². The second-order valence-electron chi connectivity index (χ2n) is 4.77. The smallest absolute Gasteiger partial charge is 0.122 e. The average Bonchev–Trinajstić information content (AvgIpc) is 2.83. The number of benzene rings is 1. The molecule has 1 aromatic carbocycles. The van der Waals surface area contributed by atoms with Crippen LogP contribution in [0.15, 0.2) is 18.2 Å². The quantitative estimate of drug-likeness (QED) is 0.870. The highest BCUT2D eigenvalue weighted by atomic mass is 16.5. The molecular weight excluding hydrogens is 216 g/mol. The van der Waals surface area contributed by atoms with Crippen molar-refractivity contribution in [3.63, 3.8) is 0 Å². The van der Waals surface area contributed by atoms with Crippen LogP contribution in [0.4, 0.5) is 0 Å². The van der Waals surface area contributed by atoms with E-state index in [0.29, 0.717) is 13.2 Å². The molecule has 2 atom stereocenters. The van der Waals surface area contributed by atoms with Gasteiger partial charge in [0.2, 0.25) is 0 Å². The molecule has 1 fully saturated rings. The molecule has 0 spiro atoms. The third-order valence-electron chi connectivity index (χ3n) is 3.26. The summed E-state index contributed by atoms with van der Waals surface area (Å²) in [6, 6.07) is 6.10. The molecule has 1 aromatic rings. The molecule has 0 aromatic heterocycles. The first-order valence-electron chi connectivity index (χ1n) is 6.12. The molecular formula is C14H20O3. The first kappa shape index (κ1) is 12.4. The minimum atomic E-state index is -0.433. The number of hydrogen-bond acceptors (Lipinski definition) is 3. The highest BCUT2D eigenvalue weighted by molar-refractivity contribution is 5.35. The number of aliphatic hydroxyl groups is 1. The van der Waals surface area contributed by atoms with E-state index in [2.05, 4.69) is 6.07 Å². The van der Waals surface area contributed by atoms with Gasteiger partial charge in [-0.15, -0.1) is 0 Å². The number of ether oxygens (including phenoxy) is 2. The fourth-order valence-electron chi connectivity index (χ4n) is 2.03. The van der Waals surface area contributed by atoms with Crippen molar-refractivity contribution in [2.75, 3.05) is 19.8 Å². The van der Waals surface area contributed by atoms with Gasteiger partial charge in [-0.2, -0.15) is 0 Å². The summed E-state index contributed by atoms with van der Waals surface area (Å²) in [7, 11) is 0. The molecule has 2 rings (SSSR count). The molecule has 0 radical (unpaired) electrons. The van der Waals surface area contributed by atoms with E-state index < -0.39 is 6.10 Å². The fraction of sp³-hybridized carbons (Fsp3) is 0.571. The highest BCUT2D eigenvalue weighted by Gasteiger charge is 2.24. The van der Waals surface area contributed by atoms with E-state index in [1.165, 1.54) is 5.56 Å². The molecule has 1 aliphatic rings. The van der Waals surface area contributed by atoms with Gasteiger partial charge in [0, 0.05) is 12.5 Å². The van der Waals surface area contributed by atoms with Crippen molar-refractivity contribution in [2.45, 2.75) is 26.4 Å². The van der Waals surface area contributed by atoms with E-state index in [1.807, 2.05) is 26.0 Å². The third-order valence-corrected chi connectivity index (χ3v) is 3.26. The summed E-state index contributed by atoms with van der Waals surface area (Å²) < 4.78 is 10.9. The van der Waals surface area contributed by atoms with E-state index in [0.717, 1.165) is 24.3 Å². The lowest BCUT2D eigenvalue weighted by Crippen LogP contribution is -2.27. The fourth-order valence-corrected chi connectivity index (χ4v) is 2.03. The van der Waals surface area contributed by atoms with E-state index in [1.54, 1.807) is 0 Å². The summed E-state index contributed by atoms with van der Waals surface area (Å²) in [5, 5.41) is 9.97. The summed E-state index contributed by atoms with van der Waals surface area (Å²) in [6.45, 7) is 5.80. The SMILES string of the molecule is Cc1ccc(C)c(OCC(O)C2CCOC2)c1. The first-order valence-corrected chi connectivity index (χ1v) is 6.12. The summed E-state index contributed by atoms with van der Waals surface area (Å²) in [6.07, 6.45) is 0.495. The van der Waals surface area contributed by atoms with Crippen molar-refractivity contribution in [3.8, 4) is 5.75 Å². The first-order chi connectivity index (χ1) is 8.16. The summed E-state index contributed by atoms with van der Waals surface area (Å²) in [5.41, 5.74) is 2.27. The van der Waals surface area contributed by atoms with Gasteiger partial charge >= 0.3 is 0 Å². The van der Waals surface area contributed by atoms with Gasteiger partial charge in [0.15, 0.2) is 0 Å². The van der Waals surface area contributed by atoms with E-state index in [9.17, 15) is 5.11 Å². The van der Waals surface area contributed by atoms with Gasteiger partial charge in [-0.05, 0) is 37.5 Å². The van der Waals surface area contributed by atoms with E-state index >= 15 is 0 Å². The second kappa shape index (κ2) is 5.52. The molecule has 0 bridgehead atoms. The van der Waals surface area contributed by atoms with Crippen LogP contribution in [-0.2, 0) is 4.74 Å². The van der Waals surface area contributed by atoms with Crippen molar-refractivity contribution < 1.29 is 14.6 Å². The van der Waals surface area contributed by atoms with E-state index in [4.69, 9.17) is 9.47 Å². The Bertz CT molecular complexity index is 370. The molecule has 1 aliphatic heterocycles. The average molecular weight is 236 g/mol. The standard InChI is InChI=1S/C14H20O3/c1-10-3-4-11(2)14(7-10)17-9-13(15)12-5-6-16-8-12/h3-4,7,12-13,15H,5-6,8-9H2,1-2H3. The molecule has 1 heterocycles. The minimum absolute atomic E-state index is 0.222. The summed E-state index contributed by atoms with van der Waals surface area (Å²) in [5.74, 6) is 1.09. The van der Waals surface area contributed by atoms with Crippen LogP contribution in [0.1, 0.15) is 17.5 Å². The number of aliphatic hydroxyl groups excluding tert-OH is 1. The zero-order valence-corrected chi connectivity index (χ0v) is 10.5. The lowest BCUT2D eigenvalue weighted by molar-refractivity contribution is 0.0497. The number of aryl methyl sites for hydroxylation is 2. The largest absolute Gasteiger partial charge is 0.491 e. The molecule has 3 heteroatoms. The Hall–Kier alpha value is -1.06. The Labute approximate surface area is 102 Å². The molecule has 2 unspecified atom stereocenters. The van der Waals surface area contributed by atoms with Crippen molar-refractivity contribution in [1.82, 2.24) is 0 Å². The monoisotopic (exact) mass is 236 g/mol.